The number of hydrogen-bond donors (Lipinski definition) is 0. The van der Waals surface area contributed by atoms with Gasteiger partial charge in [-0.3, -0.25) is 9.88 Å². The van der Waals surface area contributed by atoms with E-state index in [1.54, 1.807) is 11.3 Å². The molecule has 2 aliphatic rings. The topological polar surface area (TPSA) is 34.6 Å². The summed E-state index contributed by atoms with van der Waals surface area (Å²) >= 11 is 1.78. The van der Waals surface area contributed by atoms with E-state index in [4.69, 9.17) is 9.47 Å². The van der Waals surface area contributed by atoms with Gasteiger partial charge in [0, 0.05) is 44.0 Å². The number of likely N-dealkylation sites (tertiary alicyclic amines) is 1. The SMILES string of the molecule is c1cc(COC[C@]23CCCO[C@H]2CCN(Cc2ccsc2)C3)ccn1. The van der Waals surface area contributed by atoms with Gasteiger partial charge < -0.3 is 9.47 Å². The summed E-state index contributed by atoms with van der Waals surface area (Å²) in [5.74, 6) is 0. The molecule has 4 heterocycles. The maximum Gasteiger partial charge on any atom is 0.0718 e. The van der Waals surface area contributed by atoms with E-state index in [1.165, 1.54) is 17.5 Å². The number of rotatable bonds is 6. The second kappa shape index (κ2) is 7.96. The van der Waals surface area contributed by atoms with Crippen LogP contribution in [-0.2, 0) is 22.6 Å². The Balaban J connectivity index is 1.40. The summed E-state index contributed by atoms with van der Waals surface area (Å²) in [4.78, 5) is 6.66. The van der Waals surface area contributed by atoms with Gasteiger partial charge in [-0.15, -0.1) is 0 Å². The van der Waals surface area contributed by atoms with Crippen molar-refractivity contribution >= 4 is 11.3 Å². The third-order valence-electron chi connectivity index (χ3n) is 5.46. The maximum absolute atomic E-state index is 6.17. The Morgan fingerprint density at radius 2 is 2.20 bits per heavy atom. The smallest absolute Gasteiger partial charge is 0.0718 e. The number of fused-ring (bicyclic) bond motifs is 1. The van der Waals surface area contributed by atoms with Crippen molar-refractivity contribution < 1.29 is 9.47 Å². The average Bonchev–Trinajstić information content (AvgIpc) is 3.15. The van der Waals surface area contributed by atoms with Crippen LogP contribution in [0.2, 0.25) is 0 Å². The van der Waals surface area contributed by atoms with E-state index >= 15 is 0 Å². The molecule has 0 aromatic carbocycles. The number of aromatic nitrogens is 1. The van der Waals surface area contributed by atoms with Gasteiger partial charge in [-0.1, -0.05) is 0 Å². The summed E-state index contributed by atoms with van der Waals surface area (Å²) in [6.45, 7) is 5.57. The molecule has 0 unspecified atom stereocenters. The van der Waals surface area contributed by atoms with Gasteiger partial charge in [-0.2, -0.15) is 11.3 Å². The summed E-state index contributed by atoms with van der Waals surface area (Å²) in [5, 5.41) is 4.43. The fourth-order valence-corrected chi connectivity index (χ4v) is 4.88. The molecule has 4 rings (SSSR count). The van der Waals surface area contributed by atoms with E-state index in [0.29, 0.717) is 12.7 Å². The lowest BCUT2D eigenvalue weighted by atomic mass is 9.73. The molecule has 0 spiro atoms. The lowest BCUT2D eigenvalue weighted by Crippen LogP contribution is -2.56. The van der Waals surface area contributed by atoms with Gasteiger partial charge >= 0.3 is 0 Å². The minimum atomic E-state index is 0.138. The summed E-state index contributed by atoms with van der Waals surface area (Å²) in [7, 11) is 0. The van der Waals surface area contributed by atoms with Crippen molar-refractivity contribution in [1.82, 2.24) is 9.88 Å². The van der Waals surface area contributed by atoms with E-state index in [-0.39, 0.29) is 5.41 Å². The number of pyridine rings is 1. The lowest BCUT2D eigenvalue weighted by Gasteiger charge is -2.50. The zero-order valence-electron chi connectivity index (χ0n) is 14.6. The molecule has 2 aliphatic heterocycles. The van der Waals surface area contributed by atoms with Crippen molar-refractivity contribution in [3.63, 3.8) is 0 Å². The molecule has 0 saturated carbocycles. The molecular formula is C20H26N2O2S. The van der Waals surface area contributed by atoms with Crippen LogP contribution in [0.3, 0.4) is 0 Å². The zero-order valence-corrected chi connectivity index (χ0v) is 15.4. The van der Waals surface area contributed by atoms with Crippen molar-refractivity contribution in [2.45, 2.75) is 38.5 Å². The van der Waals surface area contributed by atoms with Gasteiger partial charge in [0.2, 0.25) is 0 Å². The molecule has 2 saturated heterocycles. The third kappa shape index (κ3) is 4.11. The van der Waals surface area contributed by atoms with Crippen LogP contribution in [0.5, 0.6) is 0 Å². The molecule has 0 amide bonds. The van der Waals surface area contributed by atoms with Crippen LogP contribution in [0, 0.1) is 5.41 Å². The first-order chi connectivity index (χ1) is 12.3. The van der Waals surface area contributed by atoms with Crippen LogP contribution in [-0.4, -0.2) is 42.3 Å². The fraction of sp³-hybridized carbons (Fsp3) is 0.550. The van der Waals surface area contributed by atoms with Gasteiger partial charge in [0.25, 0.3) is 0 Å². The van der Waals surface area contributed by atoms with Crippen LogP contribution >= 0.6 is 11.3 Å². The van der Waals surface area contributed by atoms with Crippen molar-refractivity contribution in [1.29, 1.82) is 0 Å². The summed E-state index contributed by atoms with van der Waals surface area (Å²) in [6.07, 6.45) is 7.45. The number of ether oxygens (including phenoxy) is 2. The van der Waals surface area contributed by atoms with E-state index in [0.717, 1.165) is 45.7 Å². The number of thiophene rings is 1. The van der Waals surface area contributed by atoms with Crippen LogP contribution in [0.25, 0.3) is 0 Å². The van der Waals surface area contributed by atoms with E-state index in [9.17, 15) is 0 Å². The molecule has 134 valence electrons. The van der Waals surface area contributed by atoms with Crippen LogP contribution in [0.4, 0.5) is 0 Å². The Hall–Kier alpha value is -1.27. The zero-order chi connectivity index (χ0) is 17.0. The quantitative estimate of drug-likeness (QED) is 0.788. The monoisotopic (exact) mass is 358 g/mol. The second-order valence-corrected chi connectivity index (χ2v) is 8.08. The lowest BCUT2D eigenvalue weighted by molar-refractivity contribution is -0.155. The molecule has 25 heavy (non-hydrogen) atoms. The molecule has 5 heteroatoms. The van der Waals surface area contributed by atoms with Gasteiger partial charge in [0.15, 0.2) is 0 Å². The van der Waals surface area contributed by atoms with Crippen LogP contribution < -0.4 is 0 Å². The molecule has 4 nitrogen and oxygen atoms in total. The minimum Gasteiger partial charge on any atom is -0.377 e. The van der Waals surface area contributed by atoms with E-state index in [1.807, 2.05) is 24.5 Å². The normalized spacial score (nSPS) is 27.1. The molecular weight excluding hydrogens is 332 g/mol. The highest BCUT2D eigenvalue weighted by Crippen LogP contribution is 2.41. The Bertz CT molecular complexity index is 649. The molecule has 0 bridgehead atoms. The molecule has 2 aromatic rings. The Morgan fingerprint density at radius 1 is 1.28 bits per heavy atom. The summed E-state index contributed by atoms with van der Waals surface area (Å²) in [5.41, 5.74) is 2.75. The van der Waals surface area contributed by atoms with Gasteiger partial charge in [-0.05, 0) is 59.3 Å². The fourth-order valence-electron chi connectivity index (χ4n) is 4.22. The van der Waals surface area contributed by atoms with Gasteiger partial charge in [0.1, 0.15) is 0 Å². The number of piperidine rings is 1. The molecule has 0 radical (unpaired) electrons. The molecule has 2 fully saturated rings. The van der Waals surface area contributed by atoms with Crippen LogP contribution in [0.15, 0.2) is 41.4 Å². The Labute approximate surface area is 153 Å². The molecule has 0 aliphatic carbocycles. The van der Waals surface area contributed by atoms with E-state index < -0.39 is 0 Å². The van der Waals surface area contributed by atoms with E-state index in [2.05, 4.69) is 26.7 Å². The second-order valence-electron chi connectivity index (χ2n) is 7.30. The highest BCUT2D eigenvalue weighted by atomic mass is 32.1. The van der Waals surface area contributed by atoms with Crippen molar-refractivity contribution in [3.05, 3.63) is 52.5 Å². The first-order valence-electron chi connectivity index (χ1n) is 9.16. The number of nitrogens with zero attached hydrogens (tertiary/aromatic N) is 2. The van der Waals surface area contributed by atoms with Crippen molar-refractivity contribution in [2.24, 2.45) is 5.41 Å². The van der Waals surface area contributed by atoms with Gasteiger partial charge in [0.05, 0.1) is 19.3 Å². The predicted octanol–water partition coefficient (Wildman–Crippen LogP) is 3.73. The standard InChI is InChI=1S/C20H26N2O2S/c1-6-20(16-23-13-17-2-7-21-8-3-17)15-22(9-4-19(20)24-10-1)12-18-5-11-25-14-18/h2-3,5,7-8,11,14,19H,1,4,6,9-10,12-13,15-16H2/t19-,20+/m0/s1. The van der Waals surface area contributed by atoms with Crippen molar-refractivity contribution in [3.8, 4) is 0 Å². The summed E-state index contributed by atoms with van der Waals surface area (Å²) < 4.78 is 12.3. The first-order valence-corrected chi connectivity index (χ1v) is 10.1. The number of hydrogen-bond acceptors (Lipinski definition) is 5. The summed E-state index contributed by atoms with van der Waals surface area (Å²) in [6, 6.07) is 6.28. The molecule has 2 atom stereocenters. The molecule has 2 aromatic heterocycles. The highest BCUT2D eigenvalue weighted by molar-refractivity contribution is 7.07. The van der Waals surface area contributed by atoms with Gasteiger partial charge in [-0.25, -0.2) is 0 Å². The third-order valence-corrected chi connectivity index (χ3v) is 6.19. The first kappa shape index (κ1) is 17.2. The maximum atomic E-state index is 6.17. The highest BCUT2D eigenvalue weighted by Gasteiger charge is 2.46. The van der Waals surface area contributed by atoms with Crippen molar-refractivity contribution in [2.75, 3.05) is 26.3 Å². The minimum absolute atomic E-state index is 0.138. The van der Waals surface area contributed by atoms with Crippen LogP contribution in [0.1, 0.15) is 30.4 Å². The predicted molar refractivity (Wildman–Crippen MR) is 99.5 cm³/mol. The largest absolute Gasteiger partial charge is 0.377 e. The Morgan fingerprint density at radius 3 is 3.04 bits per heavy atom. The Kier molecular flexibility index (Phi) is 5.46. The average molecular weight is 359 g/mol. The molecule has 0 N–H and O–H groups in total.